The number of esters is 1. The summed E-state index contributed by atoms with van der Waals surface area (Å²) in [7, 11) is -4.64. The van der Waals surface area contributed by atoms with Crippen LogP contribution >= 0.6 is 0 Å². The average Bonchev–Trinajstić information content (AvgIpc) is 2.77. The Morgan fingerprint density at radius 1 is 0.771 bits per heavy atom. The van der Waals surface area contributed by atoms with Crippen molar-refractivity contribution in [2.75, 3.05) is 40.1 Å². The van der Waals surface area contributed by atoms with Crippen LogP contribution in [0, 0.1) is 0 Å². The molecule has 1 atom stereocenters. The maximum Gasteiger partial charge on any atom is 0.333 e. The second-order valence-electron chi connectivity index (χ2n) is 10.1. The van der Waals surface area contributed by atoms with Gasteiger partial charge in [-0.3, -0.25) is 0 Å². The first-order valence-corrected chi connectivity index (χ1v) is 21.3. The van der Waals surface area contributed by atoms with E-state index in [-0.39, 0.29) is 12.6 Å². The van der Waals surface area contributed by atoms with Crippen LogP contribution < -0.4 is 0 Å². The molecular formula is C24H52O8Si3. The molecule has 0 aliphatic rings. The lowest BCUT2D eigenvalue weighted by Gasteiger charge is -2.41. The van der Waals surface area contributed by atoms with Crippen LogP contribution in [0.1, 0.15) is 39.0 Å². The second kappa shape index (κ2) is 20.4. The number of hydrogen-bond acceptors (Lipinski definition) is 8. The van der Waals surface area contributed by atoms with Gasteiger partial charge in [-0.25, -0.2) is 4.79 Å². The summed E-state index contributed by atoms with van der Waals surface area (Å²) in [4.78, 5) is 19.6. The summed E-state index contributed by atoms with van der Waals surface area (Å²) in [6.45, 7) is 21.1. The number of ether oxygens (including phenoxy) is 3. The molecule has 0 rings (SSSR count). The molecule has 1 N–H and O–H groups in total. The van der Waals surface area contributed by atoms with Gasteiger partial charge in [0.05, 0.1) is 19.8 Å². The summed E-state index contributed by atoms with van der Waals surface area (Å²) in [5.41, 5.74) is 0.426. The highest BCUT2D eigenvalue weighted by molar-refractivity contribution is 6.88. The number of carbonyl (C=O) groups excluding carboxylic acids is 2. The molecule has 0 fully saturated rings. The zero-order chi connectivity index (χ0) is 27.4. The minimum absolute atomic E-state index is 0.229. The fourth-order valence-electron chi connectivity index (χ4n) is 3.76. The van der Waals surface area contributed by atoms with Crippen molar-refractivity contribution in [2.45, 2.75) is 89.9 Å². The Morgan fingerprint density at radius 3 is 1.80 bits per heavy atom. The van der Waals surface area contributed by atoms with Gasteiger partial charge in [0, 0.05) is 25.9 Å². The number of aliphatic hydroxyl groups is 1. The van der Waals surface area contributed by atoms with Crippen molar-refractivity contribution in [2.24, 2.45) is 0 Å². The van der Waals surface area contributed by atoms with E-state index in [0.717, 1.165) is 56.8 Å². The van der Waals surface area contributed by atoms with E-state index in [1.807, 2.05) is 6.79 Å². The third-order valence-electron chi connectivity index (χ3n) is 5.28. The molecule has 0 heterocycles. The van der Waals surface area contributed by atoms with Gasteiger partial charge < -0.3 is 32.3 Å². The number of rotatable bonds is 21. The molecule has 35 heavy (non-hydrogen) atoms. The van der Waals surface area contributed by atoms with E-state index in [9.17, 15) is 4.79 Å². The van der Waals surface area contributed by atoms with Crippen LogP contribution in [0.3, 0.4) is 0 Å². The zero-order valence-corrected chi connectivity index (χ0v) is 26.4. The van der Waals surface area contributed by atoms with E-state index in [1.165, 1.54) is 0 Å². The van der Waals surface area contributed by atoms with Gasteiger partial charge in [-0.1, -0.05) is 19.4 Å². The summed E-state index contributed by atoms with van der Waals surface area (Å²) in [6.07, 6.45) is 4.58. The Kier molecular flexibility index (Phi) is 21.3. The van der Waals surface area contributed by atoms with E-state index >= 15 is 0 Å². The monoisotopic (exact) mass is 552 g/mol. The van der Waals surface area contributed by atoms with Gasteiger partial charge in [0.15, 0.2) is 16.6 Å². The van der Waals surface area contributed by atoms with Crippen LogP contribution in [0.2, 0.25) is 50.9 Å². The quantitative estimate of drug-likeness (QED) is 0.0914. The molecule has 0 aromatic carbocycles. The summed E-state index contributed by atoms with van der Waals surface area (Å²) in [6, 6.07) is 2.88. The molecule has 0 aromatic rings. The van der Waals surface area contributed by atoms with Gasteiger partial charge >= 0.3 is 14.5 Å². The minimum atomic E-state index is -2.39. The van der Waals surface area contributed by atoms with Gasteiger partial charge in [0.1, 0.15) is 6.79 Å². The fourth-order valence-corrected chi connectivity index (χ4v) is 18.2. The molecule has 0 saturated carbocycles. The highest BCUT2D eigenvalue weighted by atomic mass is 28.5. The molecule has 8 nitrogen and oxygen atoms in total. The molecule has 0 spiro atoms. The normalized spacial score (nSPS) is 13.5. The number of methoxy groups -OCH3 is 1. The third-order valence-corrected chi connectivity index (χ3v) is 17.5. The highest BCUT2D eigenvalue weighted by Gasteiger charge is 2.42. The van der Waals surface area contributed by atoms with Crippen LogP contribution in [0.4, 0.5) is 0 Å². The first-order valence-electron chi connectivity index (χ1n) is 12.6. The first kappa shape index (κ1) is 36.5. The molecule has 0 saturated heterocycles. The lowest BCUT2D eigenvalue weighted by Crippen LogP contribution is -2.54. The largest absolute Gasteiger partial charge is 0.462 e. The lowest BCUT2D eigenvalue weighted by molar-refractivity contribution is -0.138. The number of hydrogen-bond donors (Lipinski definition) is 1. The number of aliphatic hydroxyl groups excluding tert-OH is 1. The summed E-state index contributed by atoms with van der Waals surface area (Å²) >= 11 is 0. The van der Waals surface area contributed by atoms with Crippen LogP contribution in [0.25, 0.3) is 0 Å². The summed E-state index contributed by atoms with van der Waals surface area (Å²) in [5, 5.41) is 9.14. The Morgan fingerprint density at radius 2 is 1.31 bits per heavy atom. The maximum atomic E-state index is 11.6. The average molecular weight is 553 g/mol. The maximum absolute atomic E-state index is 11.6. The minimum Gasteiger partial charge on any atom is -0.462 e. The molecule has 1 unspecified atom stereocenters. The Bertz CT molecular complexity index is 575. The molecule has 0 aliphatic carbocycles. The van der Waals surface area contributed by atoms with Crippen molar-refractivity contribution < 1.29 is 37.1 Å². The predicted molar refractivity (Wildman–Crippen MR) is 149 cm³/mol. The Balaban J connectivity index is 0. The summed E-state index contributed by atoms with van der Waals surface area (Å²) < 4.78 is 29.7. The molecular weight excluding hydrogens is 501 g/mol. The van der Waals surface area contributed by atoms with Crippen molar-refractivity contribution in [1.82, 2.24) is 0 Å². The van der Waals surface area contributed by atoms with Gasteiger partial charge in [0.25, 0.3) is 0 Å². The van der Waals surface area contributed by atoms with Gasteiger partial charge in [-0.2, -0.15) is 0 Å². The van der Waals surface area contributed by atoms with E-state index in [2.05, 4.69) is 39.3 Å². The molecule has 0 aromatic heterocycles. The van der Waals surface area contributed by atoms with Gasteiger partial charge in [-0.05, 0) is 77.1 Å². The molecule has 11 heteroatoms. The van der Waals surface area contributed by atoms with Crippen LogP contribution in [-0.4, -0.2) is 83.2 Å². The summed E-state index contributed by atoms with van der Waals surface area (Å²) in [5.74, 6) is -0.333. The molecule has 0 aliphatic heterocycles. The number of unbranched alkanes of at least 4 members (excludes halogenated alkanes) is 2. The topological polar surface area (TPSA) is 101 Å². The molecule has 0 amide bonds. The van der Waals surface area contributed by atoms with Crippen molar-refractivity contribution in [3.63, 3.8) is 0 Å². The van der Waals surface area contributed by atoms with Gasteiger partial charge in [-0.15, -0.1) is 0 Å². The van der Waals surface area contributed by atoms with E-state index in [0.29, 0.717) is 25.4 Å². The van der Waals surface area contributed by atoms with E-state index in [1.54, 1.807) is 14.0 Å². The number of carbonyl (C=O) groups is 2. The van der Waals surface area contributed by atoms with E-state index < -0.39 is 25.2 Å². The second-order valence-corrected chi connectivity index (χ2v) is 22.6. The van der Waals surface area contributed by atoms with Gasteiger partial charge in [0.2, 0.25) is 0 Å². The SMILES string of the molecule is C=C(C)C(=O)OCCC[Si](C)(C)O[Si](C)(CCCCCO)O[Si](C)(C)CCCOCCOC.C=O. The fraction of sp³-hybridized carbons (Fsp3) is 0.833. The molecule has 208 valence electrons. The predicted octanol–water partition coefficient (Wildman–Crippen LogP) is 5.04. The molecule has 0 bridgehead atoms. The van der Waals surface area contributed by atoms with Crippen LogP contribution in [0.15, 0.2) is 12.2 Å². The smallest absolute Gasteiger partial charge is 0.333 e. The van der Waals surface area contributed by atoms with Crippen molar-refractivity contribution in [3.05, 3.63) is 12.2 Å². The standard InChI is InChI=1S/C23H50O7Si3.CH2O/c1-22(2)23(25)28-16-13-20-32(6,7)30-33(8,21-11-9-10-14-24)29-31(4,5)19-12-15-27-18-17-26-3;1-2/h24H,1,9-21H2,2-8H3;1H2. The Hall–Kier alpha value is -0.669. The van der Waals surface area contributed by atoms with Crippen molar-refractivity contribution in [1.29, 1.82) is 0 Å². The zero-order valence-electron chi connectivity index (χ0n) is 23.4. The van der Waals surface area contributed by atoms with Crippen molar-refractivity contribution >= 4 is 38.0 Å². The Labute approximate surface area is 217 Å². The highest BCUT2D eigenvalue weighted by Crippen LogP contribution is 2.30. The van der Waals surface area contributed by atoms with Crippen molar-refractivity contribution in [3.8, 4) is 0 Å². The van der Waals surface area contributed by atoms with E-state index in [4.69, 9.17) is 32.3 Å². The first-order chi connectivity index (χ1) is 16.4. The van der Waals surface area contributed by atoms with Crippen LogP contribution in [0.5, 0.6) is 0 Å². The lowest BCUT2D eigenvalue weighted by atomic mass is 10.3. The third kappa shape index (κ3) is 21.2. The van der Waals surface area contributed by atoms with Crippen LogP contribution in [-0.2, 0) is 32.0 Å². The molecule has 0 radical (unpaired) electrons.